The molecule has 1 amide bonds. The predicted octanol–water partition coefficient (Wildman–Crippen LogP) is 3.14. The highest BCUT2D eigenvalue weighted by Crippen LogP contribution is 2.25. The van der Waals surface area contributed by atoms with Crippen molar-refractivity contribution in [1.29, 1.82) is 0 Å². The van der Waals surface area contributed by atoms with Gasteiger partial charge in [0, 0.05) is 24.5 Å². The van der Waals surface area contributed by atoms with Gasteiger partial charge in [-0.3, -0.25) is 9.78 Å². The van der Waals surface area contributed by atoms with Crippen LogP contribution in [0.4, 0.5) is 0 Å². The number of carbonyl (C=O) groups excluding carboxylic acids is 1. The van der Waals surface area contributed by atoms with Crippen LogP contribution >= 0.6 is 11.3 Å². The Morgan fingerprint density at radius 1 is 1.14 bits per heavy atom. The Morgan fingerprint density at radius 3 is 2.76 bits per heavy atom. The molecule has 0 aliphatic carbocycles. The molecule has 0 saturated heterocycles. The molecule has 0 bridgehead atoms. The first-order valence-electron chi connectivity index (χ1n) is 6.50. The molecular weight excluding hydrogens is 282 g/mol. The minimum Gasteiger partial charge on any atom is -0.347 e. The van der Waals surface area contributed by atoms with Crippen LogP contribution in [0.2, 0.25) is 0 Å². The van der Waals surface area contributed by atoms with Crippen LogP contribution in [0.25, 0.3) is 11.3 Å². The number of pyridine rings is 1. The van der Waals surface area contributed by atoms with E-state index < -0.39 is 0 Å². The fraction of sp³-hybridized carbons (Fsp3) is 0.0625. The van der Waals surface area contributed by atoms with Crippen LogP contribution in [0.5, 0.6) is 0 Å². The summed E-state index contributed by atoms with van der Waals surface area (Å²) in [5.41, 5.74) is 4.34. The molecule has 3 rings (SSSR count). The first-order valence-corrected chi connectivity index (χ1v) is 7.38. The molecule has 1 aromatic carbocycles. The Balaban J connectivity index is 1.76. The van der Waals surface area contributed by atoms with Crippen molar-refractivity contribution in [2.45, 2.75) is 6.54 Å². The van der Waals surface area contributed by atoms with Gasteiger partial charge in [0.05, 0.1) is 11.2 Å². The number of nitrogens with zero attached hydrogens (tertiary/aromatic N) is 2. The molecule has 2 aromatic heterocycles. The van der Waals surface area contributed by atoms with Crippen LogP contribution < -0.4 is 5.32 Å². The zero-order chi connectivity index (χ0) is 14.5. The topological polar surface area (TPSA) is 54.9 Å². The van der Waals surface area contributed by atoms with Crippen molar-refractivity contribution >= 4 is 17.2 Å². The second kappa shape index (κ2) is 6.28. The SMILES string of the molecule is O=C(NCc1cccnc1)c1scnc1-c1ccccc1. The van der Waals surface area contributed by atoms with Gasteiger partial charge in [0.25, 0.3) is 5.91 Å². The predicted molar refractivity (Wildman–Crippen MR) is 83.0 cm³/mol. The molecule has 0 saturated carbocycles. The van der Waals surface area contributed by atoms with Gasteiger partial charge < -0.3 is 5.32 Å². The maximum absolute atomic E-state index is 12.3. The maximum atomic E-state index is 12.3. The number of amides is 1. The van der Waals surface area contributed by atoms with E-state index in [1.807, 2.05) is 42.5 Å². The van der Waals surface area contributed by atoms with E-state index >= 15 is 0 Å². The van der Waals surface area contributed by atoms with Crippen molar-refractivity contribution in [3.63, 3.8) is 0 Å². The van der Waals surface area contributed by atoms with Crippen LogP contribution in [0.3, 0.4) is 0 Å². The standard InChI is InChI=1S/C16H13N3OS/c20-16(18-10-12-5-4-8-17-9-12)15-14(19-11-21-15)13-6-2-1-3-7-13/h1-9,11H,10H2,(H,18,20). The molecule has 104 valence electrons. The van der Waals surface area contributed by atoms with Crippen molar-refractivity contribution in [1.82, 2.24) is 15.3 Å². The Morgan fingerprint density at radius 2 is 2.00 bits per heavy atom. The van der Waals surface area contributed by atoms with Crippen molar-refractivity contribution in [2.24, 2.45) is 0 Å². The first-order chi connectivity index (χ1) is 10.3. The molecule has 0 spiro atoms. The van der Waals surface area contributed by atoms with Gasteiger partial charge in [-0.2, -0.15) is 0 Å². The Hall–Kier alpha value is -2.53. The second-order valence-electron chi connectivity index (χ2n) is 4.44. The summed E-state index contributed by atoms with van der Waals surface area (Å²) >= 11 is 1.35. The van der Waals surface area contributed by atoms with Gasteiger partial charge in [-0.15, -0.1) is 11.3 Å². The quantitative estimate of drug-likeness (QED) is 0.804. The van der Waals surface area contributed by atoms with Crippen molar-refractivity contribution in [3.05, 3.63) is 70.8 Å². The van der Waals surface area contributed by atoms with Crippen molar-refractivity contribution in [3.8, 4) is 11.3 Å². The van der Waals surface area contributed by atoms with Crippen LogP contribution in [0.15, 0.2) is 60.4 Å². The molecule has 4 nitrogen and oxygen atoms in total. The van der Waals surface area contributed by atoms with E-state index in [0.717, 1.165) is 16.8 Å². The number of hydrogen-bond acceptors (Lipinski definition) is 4. The molecule has 5 heteroatoms. The summed E-state index contributed by atoms with van der Waals surface area (Å²) in [5.74, 6) is -0.111. The number of benzene rings is 1. The number of nitrogens with one attached hydrogen (secondary N) is 1. The summed E-state index contributed by atoms with van der Waals surface area (Å²) < 4.78 is 0. The zero-order valence-electron chi connectivity index (χ0n) is 11.2. The number of rotatable bonds is 4. The molecule has 21 heavy (non-hydrogen) atoms. The summed E-state index contributed by atoms with van der Waals surface area (Å²) in [6.07, 6.45) is 3.45. The summed E-state index contributed by atoms with van der Waals surface area (Å²) in [4.78, 5) is 21.3. The highest BCUT2D eigenvalue weighted by atomic mass is 32.1. The number of hydrogen-bond donors (Lipinski definition) is 1. The van der Waals surface area contributed by atoms with Crippen LogP contribution in [-0.2, 0) is 6.54 Å². The summed E-state index contributed by atoms with van der Waals surface area (Å²) in [6.45, 7) is 0.457. The van der Waals surface area contributed by atoms with Gasteiger partial charge in [-0.25, -0.2) is 4.98 Å². The van der Waals surface area contributed by atoms with E-state index in [1.54, 1.807) is 17.9 Å². The van der Waals surface area contributed by atoms with Gasteiger partial charge in [0.2, 0.25) is 0 Å². The number of thiazole rings is 1. The normalized spacial score (nSPS) is 10.3. The Labute approximate surface area is 126 Å². The molecule has 0 aliphatic rings. The average molecular weight is 295 g/mol. The third-order valence-electron chi connectivity index (χ3n) is 3.00. The lowest BCUT2D eigenvalue weighted by molar-refractivity contribution is 0.0955. The Bertz CT molecular complexity index is 726. The highest BCUT2D eigenvalue weighted by molar-refractivity contribution is 7.12. The fourth-order valence-electron chi connectivity index (χ4n) is 1.97. The Kier molecular flexibility index (Phi) is 4.02. The lowest BCUT2D eigenvalue weighted by Crippen LogP contribution is -2.22. The molecule has 0 atom stereocenters. The van der Waals surface area contributed by atoms with Gasteiger partial charge in [-0.05, 0) is 11.6 Å². The van der Waals surface area contributed by atoms with Gasteiger partial charge in [-0.1, -0.05) is 36.4 Å². The summed E-state index contributed by atoms with van der Waals surface area (Å²) in [6, 6.07) is 13.5. The maximum Gasteiger partial charge on any atom is 0.263 e. The van der Waals surface area contributed by atoms with Crippen molar-refractivity contribution < 1.29 is 4.79 Å². The molecule has 2 heterocycles. The number of aromatic nitrogens is 2. The summed E-state index contributed by atoms with van der Waals surface area (Å²) in [5, 5.41) is 2.90. The minimum atomic E-state index is -0.111. The van der Waals surface area contributed by atoms with E-state index in [-0.39, 0.29) is 5.91 Å². The molecule has 0 fully saturated rings. The highest BCUT2D eigenvalue weighted by Gasteiger charge is 2.15. The molecule has 0 unspecified atom stereocenters. The van der Waals surface area contributed by atoms with Crippen LogP contribution in [-0.4, -0.2) is 15.9 Å². The molecule has 0 radical (unpaired) electrons. The molecular formula is C16H13N3OS. The lowest BCUT2D eigenvalue weighted by Gasteiger charge is -2.05. The van der Waals surface area contributed by atoms with E-state index in [2.05, 4.69) is 15.3 Å². The number of carbonyl (C=O) groups is 1. The van der Waals surface area contributed by atoms with E-state index in [1.165, 1.54) is 11.3 Å². The fourth-order valence-corrected chi connectivity index (χ4v) is 2.70. The lowest BCUT2D eigenvalue weighted by atomic mass is 10.1. The van der Waals surface area contributed by atoms with Gasteiger partial charge in [0.15, 0.2) is 0 Å². The second-order valence-corrected chi connectivity index (χ2v) is 5.29. The largest absolute Gasteiger partial charge is 0.347 e. The van der Waals surface area contributed by atoms with Gasteiger partial charge in [0.1, 0.15) is 4.88 Å². The third-order valence-corrected chi connectivity index (χ3v) is 3.82. The van der Waals surface area contributed by atoms with Crippen molar-refractivity contribution in [2.75, 3.05) is 0 Å². The first kappa shape index (κ1) is 13.5. The van der Waals surface area contributed by atoms with E-state index in [0.29, 0.717) is 11.4 Å². The minimum absolute atomic E-state index is 0.111. The van der Waals surface area contributed by atoms with E-state index in [4.69, 9.17) is 0 Å². The molecule has 1 N–H and O–H groups in total. The third kappa shape index (κ3) is 3.14. The van der Waals surface area contributed by atoms with E-state index in [9.17, 15) is 4.79 Å². The zero-order valence-corrected chi connectivity index (χ0v) is 12.0. The van der Waals surface area contributed by atoms with Crippen LogP contribution in [0, 0.1) is 0 Å². The average Bonchev–Trinajstić information content (AvgIpc) is 3.04. The summed E-state index contributed by atoms with van der Waals surface area (Å²) in [7, 11) is 0. The van der Waals surface area contributed by atoms with Gasteiger partial charge >= 0.3 is 0 Å². The molecule has 3 aromatic rings. The smallest absolute Gasteiger partial charge is 0.263 e. The molecule has 0 aliphatic heterocycles. The van der Waals surface area contributed by atoms with Crippen LogP contribution in [0.1, 0.15) is 15.2 Å². The monoisotopic (exact) mass is 295 g/mol.